The second-order valence-corrected chi connectivity index (χ2v) is 8.26. The smallest absolute Gasteiger partial charge is 0.136 e. The van der Waals surface area contributed by atoms with Crippen LogP contribution >= 0.6 is 0 Å². The Morgan fingerprint density at radius 3 is 1.51 bits per heavy atom. The maximum atomic E-state index is 9.32. The van der Waals surface area contributed by atoms with Crippen LogP contribution < -0.4 is 0 Å². The lowest BCUT2D eigenvalue weighted by Gasteiger charge is -2.18. The highest BCUT2D eigenvalue weighted by molar-refractivity contribution is 6.25. The Morgan fingerprint density at radius 1 is 0.359 bits per heavy atom. The van der Waals surface area contributed by atoms with Gasteiger partial charge in [-0.2, -0.15) is 0 Å². The molecule has 7 aromatic carbocycles. The topological polar surface area (TPSA) is 13.1 Å². The van der Waals surface area contributed by atoms with Crippen molar-refractivity contribution in [3.8, 4) is 33.4 Å². The number of furan rings is 1. The van der Waals surface area contributed by atoms with E-state index in [0.717, 1.165) is 0 Å². The first-order valence-corrected chi connectivity index (χ1v) is 11.4. The number of hydrogen-bond donors (Lipinski definition) is 0. The van der Waals surface area contributed by atoms with Crippen molar-refractivity contribution in [1.82, 2.24) is 0 Å². The standard InChI is InChI=1S/C38H24O/c1-2-11-25(12-3-1)26-21-23-27(24-22-26)36-28-13-4-6-15-30(28)37(31-16-7-5-14-29(31)36)33-18-10-20-35-38(33)32-17-8-9-19-34(32)39-35/h1-24H/i1D,2D,3D,4D,5D,6D,7D,8D,9D,10D,11D,12D,13D,14D,15D,16D,17D,18D,19D,20D,21D,22D,23D,24D. The molecule has 0 N–H and O–H groups in total. The predicted octanol–water partition coefficient (Wildman–Crippen LogP) is 10.9. The van der Waals surface area contributed by atoms with Crippen molar-refractivity contribution in [2.75, 3.05) is 0 Å². The first kappa shape index (κ1) is 8.69. The highest BCUT2D eigenvalue weighted by Gasteiger charge is 2.19. The predicted molar refractivity (Wildman–Crippen MR) is 165 cm³/mol. The van der Waals surface area contributed by atoms with Crippen LogP contribution in [0.25, 0.3) is 76.9 Å². The van der Waals surface area contributed by atoms with E-state index in [1.54, 1.807) is 0 Å². The number of para-hydroxylation sites is 1. The fourth-order valence-electron chi connectivity index (χ4n) is 4.61. The molecule has 182 valence electrons. The molecule has 8 rings (SSSR count). The van der Waals surface area contributed by atoms with E-state index in [0.29, 0.717) is 0 Å². The molecule has 0 aliphatic rings. The summed E-state index contributed by atoms with van der Waals surface area (Å²) < 4.78 is 217. The van der Waals surface area contributed by atoms with Crippen LogP contribution in [-0.4, -0.2) is 0 Å². The van der Waals surface area contributed by atoms with Gasteiger partial charge in [-0.05, 0) is 67.0 Å². The second-order valence-electron chi connectivity index (χ2n) is 8.26. The minimum Gasteiger partial charge on any atom is -0.456 e. The van der Waals surface area contributed by atoms with Gasteiger partial charge in [0.05, 0.1) is 32.9 Å². The minimum absolute atomic E-state index is 0.442. The molecule has 0 fully saturated rings. The SMILES string of the molecule is [2H]c1c([2H])c([2H])c(-c2c([2H])c([2H])c(-c3c4c([2H])c([2H])c([2H])c([2H])c4c(-c4c([2H])c([2H])c([2H])c5oc6c([2H])c([2H])c([2H])c([2H])c6c45)c4c([2H])c([2H])c([2H])c([2H])c34)c([2H])c2[2H])c([2H])c1[2H]. The fraction of sp³-hybridized carbons (Fsp3) is 0. The van der Waals surface area contributed by atoms with Crippen LogP contribution in [0.2, 0.25) is 0 Å². The maximum Gasteiger partial charge on any atom is 0.136 e. The van der Waals surface area contributed by atoms with E-state index < -0.39 is 222 Å². The Bertz CT molecular complexity index is 3360. The fourth-order valence-corrected chi connectivity index (χ4v) is 4.61. The molecule has 0 amide bonds. The summed E-state index contributed by atoms with van der Waals surface area (Å²) >= 11 is 0. The van der Waals surface area contributed by atoms with E-state index in [-0.39, 0.29) is 0 Å². The second kappa shape index (κ2) is 8.72. The van der Waals surface area contributed by atoms with Gasteiger partial charge in [0.15, 0.2) is 0 Å². The van der Waals surface area contributed by atoms with Crippen molar-refractivity contribution in [3.05, 3.63) is 145 Å². The third-order valence-corrected chi connectivity index (χ3v) is 6.20. The summed E-state index contributed by atoms with van der Waals surface area (Å²) in [5.41, 5.74) is -5.31. The first-order valence-electron chi connectivity index (χ1n) is 23.4. The van der Waals surface area contributed by atoms with Crippen LogP contribution in [0.5, 0.6) is 0 Å². The molecule has 0 spiro atoms. The van der Waals surface area contributed by atoms with Crippen molar-refractivity contribution in [2.24, 2.45) is 0 Å². The number of fused-ring (bicyclic) bond motifs is 5. The van der Waals surface area contributed by atoms with E-state index >= 15 is 0 Å². The zero-order chi connectivity index (χ0) is 46.6. The third-order valence-electron chi connectivity index (χ3n) is 6.20. The number of rotatable bonds is 3. The average molecular weight is 521 g/mol. The van der Waals surface area contributed by atoms with Gasteiger partial charge in [-0.3, -0.25) is 0 Å². The molecule has 0 saturated heterocycles. The Hall–Kier alpha value is -5.14. The molecule has 1 heterocycles. The summed E-state index contributed by atoms with van der Waals surface area (Å²) in [5.74, 6) is 0. The lowest BCUT2D eigenvalue weighted by molar-refractivity contribution is 0.669. The molecule has 0 unspecified atom stereocenters. The number of hydrogen-bond acceptors (Lipinski definition) is 1. The zero-order valence-corrected chi connectivity index (χ0v) is 19.4. The molecule has 1 nitrogen and oxygen atoms in total. The Balaban J connectivity index is 1.73. The molecule has 8 aromatic rings. The molecule has 0 bridgehead atoms. The van der Waals surface area contributed by atoms with Gasteiger partial charge in [0.2, 0.25) is 0 Å². The van der Waals surface area contributed by atoms with Gasteiger partial charge in [0.1, 0.15) is 11.2 Å². The molecule has 1 aromatic heterocycles. The van der Waals surface area contributed by atoms with Crippen molar-refractivity contribution < 1.29 is 37.3 Å². The van der Waals surface area contributed by atoms with E-state index in [4.69, 9.17) is 27.7 Å². The van der Waals surface area contributed by atoms with Crippen LogP contribution in [0.15, 0.2) is 149 Å². The Morgan fingerprint density at radius 2 is 0.846 bits per heavy atom. The largest absolute Gasteiger partial charge is 0.456 e. The zero-order valence-electron chi connectivity index (χ0n) is 43.4. The molecule has 1 heteroatoms. The highest BCUT2D eigenvalue weighted by atomic mass is 16.3. The van der Waals surface area contributed by atoms with Crippen LogP contribution in [0.3, 0.4) is 0 Å². The average Bonchev–Trinajstić information content (AvgIpc) is 3.66. The first-order chi connectivity index (χ1) is 29.3. The van der Waals surface area contributed by atoms with E-state index in [1.165, 1.54) is 0 Å². The van der Waals surface area contributed by atoms with Gasteiger partial charge in [0, 0.05) is 10.8 Å². The minimum atomic E-state index is -1.03. The quantitative estimate of drug-likeness (QED) is 0.211. The summed E-state index contributed by atoms with van der Waals surface area (Å²) in [6.45, 7) is 0. The Labute approximate surface area is 260 Å². The molecule has 0 atom stereocenters. The lowest BCUT2D eigenvalue weighted by Crippen LogP contribution is -1.91. The van der Waals surface area contributed by atoms with Crippen molar-refractivity contribution >= 4 is 43.5 Å². The van der Waals surface area contributed by atoms with Crippen molar-refractivity contribution in [3.63, 3.8) is 0 Å². The van der Waals surface area contributed by atoms with Gasteiger partial charge in [-0.25, -0.2) is 0 Å². The molecular weight excluding hydrogens is 472 g/mol. The van der Waals surface area contributed by atoms with Gasteiger partial charge in [0.25, 0.3) is 0 Å². The molecule has 0 aliphatic heterocycles. The molecule has 0 radical (unpaired) electrons. The van der Waals surface area contributed by atoms with E-state index in [2.05, 4.69) is 0 Å². The van der Waals surface area contributed by atoms with Crippen LogP contribution in [-0.2, 0) is 0 Å². The molecule has 0 saturated carbocycles. The normalized spacial score (nSPS) is 20.2. The monoisotopic (exact) mass is 520 g/mol. The number of benzene rings is 7. The van der Waals surface area contributed by atoms with Gasteiger partial charge in [-0.15, -0.1) is 0 Å². The molecular formula is C38H24O. The van der Waals surface area contributed by atoms with Crippen LogP contribution in [0, 0.1) is 0 Å². The van der Waals surface area contributed by atoms with E-state index in [9.17, 15) is 9.60 Å². The third kappa shape index (κ3) is 3.41. The molecule has 39 heavy (non-hydrogen) atoms. The van der Waals surface area contributed by atoms with Gasteiger partial charge in [-0.1, -0.05) is 133 Å². The lowest BCUT2D eigenvalue weighted by atomic mass is 9.84. The maximum absolute atomic E-state index is 9.32. The van der Waals surface area contributed by atoms with Gasteiger partial charge < -0.3 is 4.42 Å². The summed E-state index contributed by atoms with van der Waals surface area (Å²) in [5, 5.41) is -3.60. The van der Waals surface area contributed by atoms with Crippen molar-refractivity contribution in [2.45, 2.75) is 0 Å². The van der Waals surface area contributed by atoms with Gasteiger partial charge >= 0.3 is 0 Å². The van der Waals surface area contributed by atoms with E-state index in [1.807, 2.05) is 0 Å². The Kier molecular flexibility index (Phi) is 1.94. The summed E-state index contributed by atoms with van der Waals surface area (Å²) in [7, 11) is 0. The summed E-state index contributed by atoms with van der Waals surface area (Å²) in [6, 6.07) is -21.5. The van der Waals surface area contributed by atoms with Crippen LogP contribution in [0.1, 0.15) is 32.9 Å². The van der Waals surface area contributed by atoms with Crippen molar-refractivity contribution in [1.29, 1.82) is 0 Å². The summed E-state index contributed by atoms with van der Waals surface area (Å²) in [6.07, 6.45) is 0. The van der Waals surface area contributed by atoms with Crippen LogP contribution in [0.4, 0.5) is 0 Å². The summed E-state index contributed by atoms with van der Waals surface area (Å²) in [4.78, 5) is 0. The molecule has 0 aliphatic carbocycles. The highest BCUT2D eigenvalue weighted by Crippen LogP contribution is 2.46.